The van der Waals surface area contributed by atoms with E-state index in [0.29, 0.717) is 0 Å². The molecule has 1 heterocycles. The Balaban J connectivity index is 2.46. The first-order valence-corrected chi connectivity index (χ1v) is 6.14. The van der Waals surface area contributed by atoms with Crippen LogP contribution in [0.15, 0.2) is 29.3 Å². The Morgan fingerprint density at radius 3 is 2.35 bits per heavy atom. The Morgan fingerprint density at radius 1 is 1.12 bits per heavy atom. The van der Waals surface area contributed by atoms with Gasteiger partial charge in [-0.15, -0.1) is 0 Å². The van der Waals surface area contributed by atoms with Crippen LogP contribution in [0, 0.1) is 6.92 Å². The molecular formula is C15H21NO. The van der Waals surface area contributed by atoms with Crippen molar-refractivity contribution in [3.8, 4) is 0 Å². The van der Waals surface area contributed by atoms with E-state index in [1.807, 2.05) is 12.1 Å². The molecule has 0 N–H and O–H groups in total. The molecule has 0 saturated carbocycles. The van der Waals surface area contributed by atoms with Crippen molar-refractivity contribution in [2.24, 2.45) is 4.99 Å². The van der Waals surface area contributed by atoms with E-state index < -0.39 is 0 Å². The van der Waals surface area contributed by atoms with Crippen molar-refractivity contribution in [3.63, 3.8) is 0 Å². The van der Waals surface area contributed by atoms with Crippen molar-refractivity contribution in [2.45, 2.75) is 52.2 Å². The van der Waals surface area contributed by atoms with E-state index in [1.54, 1.807) is 0 Å². The Hall–Kier alpha value is -1.31. The standard InChI is InChI=1S/C15H21NO/c1-11-8-6-7-9-12(11)13-16-14(2,3)10-15(4,5)17-13/h6-9H,10H2,1-5H3. The molecule has 0 atom stereocenters. The van der Waals surface area contributed by atoms with Crippen LogP contribution in [0.4, 0.5) is 0 Å². The lowest BCUT2D eigenvalue weighted by atomic mass is 9.88. The number of benzene rings is 1. The smallest absolute Gasteiger partial charge is 0.217 e. The molecule has 1 aromatic carbocycles. The average Bonchev–Trinajstić information content (AvgIpc) is 2.13. The SMILES string of the molecule is Cc1ccccc1C1=NC(C)(C)CC(C)(C)O1. The Kier molecular flexibility index (Phi) is 2.76. The summed E-state index contributed by atoms with van der Waals surface area (Å²) >= 11 is 0. The molecule has 0 aromatic heterocycles. The van der Waals surface area contributed by atoms with Gasteiger partial charge in [0.15, 0.2) is 0 Å². The third-order valence-electron chi connectivity index (χ3n) is 3.01. The van der Waals surface area contributed by atoms with Crippen LogP contribution in [0.2, 0.25) is 0 Å². The van der Waals surface area contributed by atoms with E-state index in [-0.39, 0.29) is 11.1 Å². The minimum atomic E-state index is -0.150. The molecule has 2 nitrogen and oxygen atoms in total. The fourth-order valence-corrected chi connectivity index (χ4v) is 2.60. The summed E-state index contributed by atoms with van der Waals surface area (Å²) in [4.78, 5) is 4.74. The van der Waals surface area contributed by atoms with Gasteiger partial charge in [-0.05, 0) is 46.2 Å². The van der Waals surface area contributed by atoms with Gasteiger partial charge < -0.3 is 4.74 Å². The van der Waals surface area contributed by atoms with Crippen molar-refractivity contribution in [2.75, 3.05) is 0 Å². The first-order chi connectivity index (χ1) is 7.79. The van der Waals surface area contributed by atoms with Gasteiger partial charge in [-0.1, -0.05) is 18.2 Å². The summed E-state index contributed by atoms with van der Waals surface area (Å²) in [5.41, 5.74) is 2.11. The van der Waals surface area contributed by atoms with Gasteiger partial charge in [0.05, 0.1) is 5.54 Å². The van der Waals surface area contributed by atoms with Crippen LogP contribution < -0.4 is 0 Å². The van der Waals surface area contributed by atoms with E-state index in [0.717, 1.165) is 17.9 Å². The highest BCUT2D eigenvalue weighted by Crippen LogP contribution is 2.33. The van der Waals surface area contributed by atoms with Gasteiger partial charge in [-0.2, -0.15) is 0 Å². The maximum Gasteiger partial charge on any atom is 0.217 e. The van der Waals surface area contributed by atoms with Crippen molar-refractivity contribution in [1.29, 1.82) is 0 Å². The summed E-state index contributed by atoms with van der Waals surface area (Å²) in [7, 11) is 0. The van der Waals surface area contributed by atoms with Crippen LogP contribution in [0.3, 0.4) is 0 Å². The Morgan fingerprint density at radius 2 is 1.76 bits per heavy atom. The summed E-state index contributed by atoms with van der Waals surface area (Å²) in [6.07, 6.45) is 0.940. The van der Waals surface area contributed by atoms with Gasteiger partial charge in [0.2, 0.25) is 5.90 Å². The second-order valence-electron chi connectivity index (χ2n) is 6.08. The molecule has 1 aromatic rings. The van der Waals surface area contributed by atoms with Gasteiger partial charge in [-0.25, -0.2) is 4.99 Å². The summed E-state index contributed by atoms with van der Waals surface area (Å²) in [6.45, 7) is 10.7. The summed E-state index contributed by atoms with van der Waals surface area (Å²) < 4.78 is 6.03. The van der Waals surface area contributed by atoms with Crippen LogP contribution in [0.1, 0.15) is 45.2 Å². The van der Waals surface area contributed by atoms with Gasteiger partial charge in [-0.3, -0.25) is 0 Å². The normalized spacial score (nSPS) is 21.6. The summed E-state index contributed by atoms with van der Waals surface area (Å²) in [5.74, 6) is 0.782. The highest BCUT2D eigenvalue weighted by Gasteiger charge is 2.36. The molecule has 1 aliphatic heterocycles. The Labute approximate surface area is 104 Å². The highest BCUT2D eigenvalue weighted by atomic mass is 16.5. The van der Waals surface area contributed by atoms with E-state index in [4.69, 9.17) is 9.73 Å². The van der Waals surface area contributed by atoms with Crippen LogP contribution in [0.5, 0.6) is 0 Å². The lowest BCUT2D eigenvalue weighted by Crippen LogP contribution is -2.42. The monoisotopic (exact) mass is 231 g/mol. The first-order valence-electron chi connectivity index (χ1n) is 6.14. The van der Waals surface area contributed by atoms with Crippen molar-refractivity contribution < 1.29 is 4.74 Å². The van der Waals surface area contributed by atoms with Crippen LogP contribution >= 0.6 is 0 Å². The number of hydrogen-bond donors (Lipinski definition) is 0. The fourth-order valence-electron chi connectivity index (χ4n) is 2.60. The zero-order valence-corrected chi connectivity index (χ0v) is 11.4. The minimum Gasteiger partial charge on any atom is -0.471 e. The number of aliphatic imine (C=N–C) groups is 1. The van der Waals surface area contributed by atoms with Crippen LogP contribution in [-0.2, 0) is 4.74 Å². The summed E-state index contributed by atoms with van der Waals surface area (Å²) in [6, 6.07) is 8.24. The molecule has 0 unspecified atom stereocenters. The molecule has 2 heteroatoms. The van der Waals surface area contributed by atoms with Gasteiger partial charge in [0, 0.05) is 12.0 Å². The predicted molar refractivity (Wildman–Crippen MR) is 71.6 cm³/mol. The number of nitrogens with zero attached hydrogens (tertiary/aromatic N) is 1. The van der Waals surface area contributed by atoms with Gasteiger partial charge >= 0.3 is 0 Å². The molecule has 0 aliphatic carbocycles. The number of rotatable bonds is 1. The average molecular weight is 231 g/mol. The van der Waals surface area contributed by atoms with Crippen molar-refractivity contribution >= 4 is 5.90 Å². The zero-order chi connectivity index (χ0) is 12.7. The quantitative estimate of drug-likeness (QED) is 0.722. The molecule has 0 spiro atoms. The molecule has 17 heavy (non-hydrogen) atoms. The second-order valence-corrected chi connectivity index (χ2v) is 6.08. The first kappa shape index (κ1) is 12.2. The Bertz CT molecular complexity index is 458. The number of hydrogen-bond acceptors (Lipinski definition) is 2. The maximum atomic E-state index is 6.03. The molecule has 0 saturated heterocycles. The maximum absolute atomic E-state index is 6.03. The lowest BCUT2D eigenvalue weighted by Gasteiger charge is -2.39. The molecule has 0 amide bonds. The molecule has 92 valence electrons. The van der Waals surface area contributed by atoms with Gasteiger partial charge in [0.1, 0.15) is 5.60 Å². The van der Waals surface area contributed by atoms with Crippen molar-refractivity contribution in [3.05, 3.63) is 35.4 Å². The van der Waals surface area contributed by atoms with Gasteiger partial charge in [0.25, 0.3) is 0 Å². The van der Waals surface area contributed by atoms with Crippen LogP contribution in [0.25, 0.3) is 0 Å². The largest absolute Gasteiger partial charge is 0.471 e. The minimum absolute atomic E-state index is 0.0562. The van der Waals surface area contributed by atoms with Crippen molar-refractivity contribution in [1.82, 2.24) is 0 Å². The van der Waals surface area contributed by atoms with E-state index in [9.17, 15) is 0 Å². The molecule has 0 bridgehead atoms. The molecule has 1 aliphatic rings. The fraction of sp³-hybridized carbons (Fsp3) is 0.533. The topological polar surface area (TPSA) is 21.6 Å². The molecule has 2 rings (SSSR count). The molecule has 0 fully saturated rings. The third kappa shape index (κ3) is 2.68. The van der Waals surface area contributed by atoms with Crippen LogP contribution in [-0.4, -0.2) is 17.0 Å². The lowest BCUT2D eigenvalue weighted by molar-refractivity contribution is 0.0472. The van der Waals surface area contributed by atoms with E-state index in [2.05, 4.69) is 46.8 Å². The molecule has 0 radical (unpaired) electrons. The molecular weight excluding hydrogens is 210 g/mol. The zero-order valence-electron chi connectivity index (χ0n) is 11.4. The number of aryl methyl sites for hydroxylation is 1. The van der Waals surface area contributed by atoms with E-state index in [1.165, 1.54) is 5.56 Å². The predicted octanol–water partition coefficient (Wildman–Crippen LogP) is 3.72. The summed E-state index contributed by atoms with van der Waals surface area (Å²) in [5, 5.41) is 0. The highest BCUT2D eigenvalue weighted by molar-refractivity contribution is 5.96. The number of ether oxygens (including phenoxy) is 1. The van der Waals surface area contributed by atoms with E-state index >= 15 is 0 Å². The second kappa shape index (κ2) is 3.86. The third-order valence-corrected chi connectivity index (χ3v) is 3.01.